The van der Waals surface area contributed by atoms with E-state index in [1.165, 1.54) is 22.5 Å². The number of aromatic nitrogens is 1. The Hall–Kier alpha value is -3.65. The summed E-state index contributed by atoms with van der Waals surface area (Å²) < 4.78 is 16.1. The van der Waals surface area contributed by atoms with Gasteiger partial charge in [0.05, 0.1) is 11.1 Å². The highest BCUT2D eigenvalue weighted by atomic mass is 32.1. The fraction of sp³-hybridized carbons (Fsp3) is 0.174. The molecule has 0 spiro atoms. The van der Waals surface area contributed by atoms with E-state index in [4.69, 9.17) is 13.7 Å². The first-order chi connectivity index (χ1) is 15.2. The summed E-state index contributed by atoms with van der Waals surface area (Å²) in [6.07, 6.45) is 1.81. The molecule has 4 heterocycles. The number of benzene rings is 1. The topological polar surface area (TPSA) is 85.8 Å². The van der Waals surface area contributed by atoms with Gasteiger partial charge in [-0.05, 0) is 34.7 Å². The molecular weight excluding hydrogens is 416 g/mol. The molecule has 0 unspecified atom stereocenters. The number of carbonyl (C=O) groups excluding carboxylic acids is 2. The Morgan fingerprint density at radius 1 is 1.13 bits per heavy atom. The molecule has 7 nitrogen and oxygen atoms in total. The van der Waals surface area contributed by atoms with Crippen LogP contribution in [0.15, 0.2) is 75.2 Å². The van der Waals surface area contributed by atoms with Crippen LogP contribution in [0, 0.1) is 0 Å². The maximum atomic E-state index is 13.0. The van der Waals surface area contributed by atoms with Gasteiger partial charge in [0.25, 0.3) is 5.91 Å². The molecule has 0 saturated carbocycles. The van der Waals surface area contributed by atoms with Crippen molar-refractivity contribution in [3.63, 3.8) is 0 Å². The number of fused-ring (bicyclic) bond motifs is 1. The molecule has 3 aromatic heterocycles. The first-order valence-electron chi connectivity index (χ1n) is 9.76. The normalized spacial score (nSPS) is 15.5. The van der Waals surface area contributed by atoms with E-state index >= 15 is 0 Å². The Labute approximate surface area is 181 Å². The van der Waals surface area contributed by atoms with Gasteiger partial charge < -0.3 is 18.6 Å². The number of carbonyl (C=O) groups is 2. The molecule has 0 fully saturated rings. The Morgan fingerprint density at radius 3 is 2.77 bits per heavy atom. The number of thiophene rings is 1. The van der Waals surface area contributed by atoms with Crippen molar-refractivity contribution in [2.45, 2.75) is 25.6 Å². The van der Waals surface area contributed by atoms with Crippen LogP contribution >= 0.6 is 11.3 Å². The van der Waals surface area contributed by atoms with E-state index in [0.29, 0.717) is 24.4 Å². The van der Waals surface area contributed by atoms with Gasteiger partial charge in [-0.3, -0.25) is 4.79 Å². The smallest absolute Gasteiger partial charge is 0.329 e. The number of ether oxygens (including phenoxy) is 1. The van der Waals surface area contributed by atoms with E-state index in [-0.39, 0.29) is 18.3 Å². The largest absolute Gasteiger partial charge is 0.459 e. The van der Waals surface area contributed by atoms with Crippen LogP contribution < -0.4 is 0 Å². The van der Waals surface area contributed by atoms with Crippen molar-refractivity contribution >= 4 is 23.2 Å². The van der Waals surface area contributed by atoms with Gasteiger partial charge in [-0.2, -0.15) is 0 Å². The Balaban J connectivity index is 1.33. The lowest BCUT2D eigenvalue weighted by molar-refractivity contribution is -0.151. The molecular formula is C23H18N2O5S. The Morgan fingerprint density at radius 2 is 2.00 bits per heavy atom. The molecule has 1 aliphatic rings. The highest BCUT2D eigenvalue weighted by Gasteiger charge is 2.37. The Kier molecular flexibility index (Phi) is 5.13. The average Bonchev–Trinajstić information content (AvgIpc) is 3.57. The molecule has 0 N–H and O–H groups in total. The number of amides is 1. The van der Waals surface area contributed by atoms with Crippen LogP contribution in [-0.4, -0.2) is 28.0 Å². The molecule has 0 saturated heterocycles. The minimum absolute atomic E-state index is 0.0331. The molecule has 5 rings (SSSR count). The molecule has 0 aliphatic carbocycles. The summed E-state index contributed by atoms with van der Waals surface area (Å²) in [6, 6.07) is 15.9. The summed E-state index contributed by atoms with van der Waals surface area (Å²) in [7, 11) is 0. The zero-order valence-corrected chi connectivity index (χ0v) is 17.2. The third-order valence-electron chi connectivity index (χ3n) is 5.20. The minimum atomic E-state index is -0.754. The van der Waals surface area contributed by atoms with Crippen molar-refractivity contribution in [2.75, 3.05) is 0 Å². The summed E-state index contributed by atoms with van der Waals surface area (Å²) in [4.78, 5) is 28.4. The van der Waals surface area contributed by atoms with Crippen molar-refractivity contribution < 1.29 is 23.3 Å². The average molecular weight is 434 g/mol. The molecule has 0 bridgehead atoms. The van der Waals surface area contributed by atoms with Crippen LogP contribution in [-0.2, 0) is 29.1 Å². The van der Waals surface area contributed by atoms with E-state index in [2.05, 4.69) is 5.16 Å². The molecule has 1 amide bonds. The summed E-state index contributed by atoms with van der Waals surface area (Å²) in [5, 5.41) is 5.93. The van der Waals surface area contributed by atoms with Crippen LogP contribution in [0.1, 0.15) is 27.4 Å². The molecule has 1 aromatic carbocycles. The highest BCUT2D eigenvalue weighted by molar-refractivity contribution is 7.13. The summed E-state index contributed by atoms with van der Waals surface area (Å²) >= 11 is 1.54. The monoisotopic (exact) mass is 434 g/mol. The molecule has 1 aliphatic heterocycles. The van der Waals surface area contributed by atoms with Gasteiger partial charge in [-0.15, -0.1) is 11.3 Å². The van der Waals surface area contributed by atoms with Crippen molar-refractivity contribution in [1.82, 2.24) is 10.1 Å². The van der Waals surface area contributed by atoms with E-state index in [0.717, 1.165) is 16.0 Å². The van der Waals surface area contributed by atoms with Gasteiger partial charge in [0.2, 0.25) is 0 Å². The third kappa shape index (κ3) is 3.89. The fourth-order valence-corrected chi connectivity index (χ4v) is 4.32. The second-order valence-corrected chi connectivity index (χ2v) is 8.11. The number of nitrogens with zero attached hydrogens (tertiary/aromatic N) is 2. The standard InChI is InChI=1S/C23H18N2O5S/c26-22(19-7-3-9-28-19)25-13-16-6-2-1-5-15(16)11-18(25)23(27)29-14-17-12-20(30-24-17)21-8-4-10-31-21/h1-10,12,18H,11,13-14H2/t18-/m0/s1. The lowest BCUT2D eigenvalue weighted by Gasteiger charge is -2.34. The predicted molar refractivity (Wildman–Crippen MR) is 112 cm³/mol. The van der Waals surface area contributed by atoms with E-state index in [1.807, 2.05) is 41.8 Å². The number of rotatable bonds is 5. The zero-order valence-electron chi connectivity index (χ0n) is 16.4. The van der Waals surface area contributed by atoms with Crippen molar-refractivity contribution in [1.29, 1.82) is 0 Å². The van der Waals surface area contributed by atoms with Gasteiger partial charge >= 0.3 is 5.97 Å². The van der Waals surface area contributed by atoms with Crippen LogP contribution in [0.2, 0.25) is 0 Å². The second kappa shape index (κ2) is 8.23. The first-order valence-corrected chi connectivity index (χ1v) is 10.6. The molecule has 4 aromatic rings. The maximum absolute atomic E-state index is 13.0. The minimum Gasteiger partial charge on any atom is -0.459 e. The molecule has 0 radical (unpaired) electrons. The lowest BCUT2D eigenvalue weighted by Crippen LogP contribution is -2.49. The van der Waals surface area contributed by atoms with E-state index in [1.54, 1.807) is 18.2 Å². The second-order valence-electron chi connectivity index (χ2n) is 7.17. The van der Waals surface area contributed by atoms with E-state index in [9.17, 15) is 9.59 Å². The first kappa shape index (κ1) is 19.3. The molecule has 1 atom stereocenters. The van der Waals surface area contributed by atoms with E-state index < -0.39 is 12.0 Å². The maximum Gasteiger partial charge on any atom is 0.329 e. The van der Waals surface area contributed by atoms with Crippen LogP contribution in [0.4, 0.5) is 0 Å². The third-order valence-corrected chi connectivity index (χ3v) is 6.08. The fourth-order valence-electron chi connectivity index (χ4n) is 3.64. The molecule has 156 valence electrons. The number of esters is 1. The van der Waals surface area contributed by atoms with Crippen molar-refractivity contribution in [3.8, 4) is 10.6 Å². The summed E-state index contributed by atoms with van der Waals surface area (Å²) in [5.41, 5.74) is 2.54. The summed E-state index contributed by atoms with van der Waals surface area (Å²) in [6.45, 7) is 0.274. The highest BCUT2D eigenvalue weighted by Crippen LogP contribution is 2.27. The number of hydrogen-bond acceptors (Lipinski definition) is 7. The quantitative estimate of drug-likeness (QED) is 0.435. The van der Waals surface area contributed by atoms with Crippen LogP contribution in [0.3, 0.4) is 0 Å². The van der Waals surface area contributed by atoms with Gasteiger partial charge in [-0.1, -0.05) is 35.5 Å². The number of hydrogen-bond donors (Lipinski definition) is 0. The SMILES string of the molecule is O=C(OCc1cc(-c2cccs2)on1)[C@@H]1Cc2ccccc2CN1C(=O)c1ccco1. The van der Waals surface area contributed by atoms with Crippen LogP contribution in [0.5, 0.6) is 0 Å². The number of furan rings is 1. The van der Waals surface area contributed by atoms with Crippen LogP contribution in [0.25, 0.3) is 10.6 Å². The van der Waals surface area contributed by atoms with Crippen molar-refractivity contribution in [2.24, 2.45) is 0 Å². The molecule has 8 heteroatoms. The van der Waals surface area contributed by atoms with Gasteiger partial charge in [0.15, 0.2) is 11.5 Å². The van der Waals surface area contributed by atoms with Gasteiger partial charge in [0, 0.05) is 19.0 Å². The lowest BCUT2D eigenvalue weighted by atomic mass is 9.93. The van der Waals surface area contributed by atoms with Crippen molar-refractivity contribution in [3.05, 3.63) is 88.8 Å². The summed E-state index contributed by atoms with van der Waals surface area (Å²) in [5.74, 6) is -0.0190. The van der Waals surface area contributed by atoms with Gasteiger partial charge in [0.1, 0.15) is 18.3 Å². The predicted octanol–water partition coefficient (Wildman–Crippen LogP) is 4.31. The zero-order chi connectivity index (χ0) is 21.2. The van der Waals surface area contributed by atoms with Gasteiger partial charge in [-0.25, -0.2) is 4.79 Å². The molecule has 31 heavy (non-hydrogen) atoms. The Bertz CT molecular complexity index is 1200.